The van der Waals surface area contributed by atoms with Crippen LogP contribution in [0.25, 0.3) is 0 Å². The number of aromatic amines is 1. The summed E-state index contributed by atoms with van der Waals surface area (Å²) in [4.78, 5) is 4.29. The van der Waals surface area contributed by atoms with Crippen molar-refractivity contribution in [2.45, 2.75) is 33.1 Å². The molecule has 0 saturated carbocycles. The Labute approximate surface area is 78.9 Å². The molecule has 0 spiro atoms. The zero-order chi connectivity index (χ0) is 9.84. The summed E-state index contributed by atoms with van der Waals surface area (Å²) in [5.74, 6) is 2.64. The number of H-pyrrole nitrogens is 1. The number of nitrogens with zero attached hydrogens (tertiary/aromatic N) is 2. The van der Waals surface area contributed by atoms with E-state index in [4.69, 9.17) is 5.73 Å². The van der Waals surface area contributed by atoms with Gasteiger partial charge in [0, 0.05) is 12.5 Å². The number of nitrogens with two attached hydrogens (primary N) is 1. The van der Waals surface area contributed by atoms with Crippen molar-refractivity contribution in [2.24, 2.45) is 11.7 Å². The Bertz CT molecular complexity index is 254. The van der Waals surface area contributed by atoms with E-state index in [1.165, 1.54) is 0 Å². The van der Waals surface area contributed by atoms with Crippen LogP contribution in [0, 0.1) is 12.8 Å². The Balaban J connectivity index is 2.66. The van der Waals surface area contributed by atoms with E-state index in [1.807, 2.05) is 6.92 Å². The van der Waals surface area contributed by atoms with Gasteiger partial charge in [-0.2, -0.15) is 5.10 Å². The first kappa shape index (κ1) is 10.2. The van der Waals surface area contributed by atoms with Crippen LogP contribution < -0.4 is 5.73 Å². The SMILES string of the molecule is Cc1nc(C(CN)CC(C)C)n[nH]1. The summed E-state index contributed by atoms with van der Waals surface area (Å²) < 4.78 is 0. The van der Waals surface area contributed by atoms with E-state index < -0.39 is 0 Å². The molecule has 0 saturated heterocycles. The Morgan fingerprint density at radius 3 is 2.54 bits per heavy atom. The van der Waals surface area contributed by atoms with Gasteiger partial charge < -0.3 is 5.73 Å². The first-order valence-electron chi connectivity index (χ1n) is 4.72. The van der Waals surface area contributed by atoms with E-state index in [9.17, 15) is 0 Å². The van der Waals surface area contributed by atoms with Gasteiger partial charge in [0.15, 0.2) is 5.82 Å². The van der Waals surface area contributed by atoms with E-state index in [-0.39, 0.29) is 0 Å². The molecule has 4 heteroatoms. The van der Waals surface area contributed by atoms with Gasteiger partial charge in [-0.1, -0.05) is 13.8 Å². The first-order chi connectivity index (χ1) is 6.13. The summed E-state index contributed by atoms with van der Waals surface area (Å²) in [7, 11) is 0. The van der Waals surface area contributed by atoms with Crippen LogP contribution >= 0.6 is 0 Å². The second-order valence-electron chi connectivity index (χ2n) is 3.84. The second-order valence-corrected chi connectivity index (χ2v) is 3.84. The van der Waals surface area contributed by atoms with Gasteiger partial charge in [0.05, 0.1) is 0 Å². The normalized spacial score (nSPS) is 13.6. The summed E-state index contributed by atoms with van der Waals surface area (Å²) in [5, 5.41) is 6.96. The molecule has 13 heavy (non-hydrogen) atoms. The highest BCUT2D eigenvalue weighted by molar-refractivity contribution is 4.97. The van der Waals surface area contributed by atoms with Crippen molar-refractivity contribution in [1.82, 2.24) is 15.2 Å². The summed E-state index contributed by atoms with van der Waals surface area (Å²) >= 11 is 0. The number of rotatable bonds is 4. The average molecular weight is 182 g/mol. The second kappa shape index (κ2) is 4.37. The Morgan fingerprint density at radius 1 is 1.46 bits per heavy atom. The molecule has 1 aromatic rings. The van der Waals surface area contributed by atoms with E-state index in [0.29, 0.717) is 18.4 Å². The molecule has 1 rings (SSSR count). The molecule has 0 radical (unpaired) electrons. The highest BCUT2D eigenvalue weighted by Gasteiger charge is 2.15. The average Bonchev–Trinajstić information content (AvgIpc) is 2.47. The van der Waals surface area contributed by atoms with Crippen LogP contribution in [-0.4, -0.2) is 21.7 Å². The maximum Gasteiger partial charge on any atom is 0.155 e. The van der Waals surface area contributed by atoms with Crippen LogP contribution in [-0.2, 0) is 0 Å². The minimum Gasteiger partial charge on any atom is -0.330 e. The molecule has 1 heterocycles. The molecule has 1 unspecified atom stereocenters. The maximum atomic E-state index is 5.67. The fourth-order valence-electron chi connectivity index (χ4n) is 1.42. The molecule has 0 fully saturated rings. The largest absolute Gasteiger partial charge is 0.330 e. The molecule has 4 nitrogen and oxygen atoms in total. The van der Waals surface area contributed by atoms with Gasteiger partial charge >= 0.3 is 0 Å². The third-order valence-electron chi connectivity index (χ3n) is 2.02. The molecule has 0 bridgehead atoms. The highest BCUT2D eigenvalue weighted by Crippen LogP contribution is 2.19. The number of hydrogen-bond acceptors (Lipinski definition) is 3. The zero-order valence-corrected chi connectivity index (χ0v) is 8.54. The molecular weight excluding hydrogens is 164 g/mol. The van der Waals surface area contributed by atoms with Crippen molar-refractivity contribution in [1.29, 1.82) is 0 Å². The quantitative estimate of drug-likeness (QED) is 0.735. The molecular formula is C9H18N4. The Hall–Kier alpha value is -0.900. The third-order valence-corrected chi connectivity index (χ3v) is 2.02. The van der Waals surface area contributed by atoms with Gasteiger partial charge in [-0.25, -0.2) is 4.98 Å². The fraction of sp³-hybridized carbons (Fsp3) is 0.778. The third kappa shape index (κ3) is 2.81. The lowest BCUT2D eigenvalue weighted by Crippen LogP contribution is -2.16. The van der Waals surface area contributed by atoms with Crippen molar-refractivity contribution in [3.8, 4) is 0 Å². The monoisotopic (exact) mass is 182 g/mol. The molecule has 0 amide bonds. The van der Waals surface area contributed by atoms with E-state index in [2.05, 4.69) is 29.0 Å². The number of aryl methyl sites for hydroxylation is 1. The number of nitrogens with one attached hydrogen (secondary N) is 1. The van der Waals surface area contributed by atoms with Crippen LogP contribution in [0.1, 0.15) is 37.8 Å². The smallest absolute Gasteiger partial charge is 0.155 e. The summed E-state index contributed by atoms with van der Waals surface area (Å²) in [6.07, 6.45) is 1.05. The van der Waals surface area contributed by atoms with Crippen molar-refractivity contribution in [3.05, 3.63) is 11.6 Å². The molecule has 0 aliphatic rings. The lowest BCUT2D eigenvalue weighted by atomic mass is 9.97. The molecule has 0 aliphatic heterocycles. The molecule has 3 N–H and O–H groups in total. The maximum absolute atomic E-state index is 5.67. The number of hydrogen-bond donors (Lipinski definition) is 2. The predicted molar refractivity (Wildman–Crippen MR) is 52.4 cm³/mol. The first-order valence-corrected chi connectivity index (χ1v) is 4.72. The lowest BCUT2D eigenvalue weighted by molar-refractivity contribution is 0.489. The molecule has 74 valence electrons. The Morgan fingerprint density at radius 2 is 2.15 bits per heavy atom. The van der Waals surface area contributed by atoms with Crippen LogP contribution in [0.5, 0.6) is 0 Å². The van der Waals surface area contributed by atoms with Gasteiger partial charge in [-0.05, 0) is 19.3 Å². The van der Waals surface area contributed by atoms with Gasteiger partial charge in [0.25, 0.3) is 0 Å². The van der Waals surface area contributed by atoms with Crippen molar-refractivity contribution >= 4 is 0 Å². The van der Waals surface area contributed by atoms with Crippen molar-refractivity contribution < 1.29 is 0 Å². The molecule has 0 aliphatic carbocycles. The Kier molecular flexibility index (Phi) is 3.42. The van der Waals surface area contributed by atoms with Crippen LogP contribution in [0.3, 0.4) is 0 Å². The molecule has 0 aromatic carbocycles. The standard InChI is InChI=1S/C9H18N4/c1-6(2)4-8(5-10)9-11-7(3)12-13-9/h6,8H,4-5,10H2,1-3H3,(H,11,12,13). The van der Waals surface area contributed by atoms with Gasteiger partial charge in [-0.3, -0.25) is 5.10 Å². The fourth-order valence-corrected chi connectivity index (χ4v) is 1.42. The van der Waals surface area contributed by atoms with Gasteiger partial charge in [0.1, 0.15) is 5.82 Å². The lowest BCUT2D eigenvalue weighted by Gasteiger charge is -2.12. The zero-order valence-electron chi connectivity index (χ0n) is 8.54. The predicted octanol–water partition coefficient (Wildman–Crippen LogP) is 1.20. The minimum absolute atomic E-state index is 0.296. The number of aromatic nitrogens is 3. The van der Waals surface area contributed by atoms with Crippen LogP contribution in [0.15, 0.2) is 0 Å². The van der Waals surface area contributed by atoms with Gasteiger partial charge in [-0.15, -0.1) is 0 Å². The summed E-state index contributed by atoms with van der Waals surface area (Å²) in [6, 6.07) is 0. The van der Waals surface area contributed by atoms with Crippen molar-refractivity contribution in [3.63, 3.8) is 0 Å². The van der Waals surface area contributed by atoms with E-state index in [0.717, 1.165) is 18.1 Å². The van der Waals surface area contributed by atoms with Crippen LogP contribution in [0.2, 0.25) is 0 Å². The van der Waals surface area contributed by atoms with Gasteiger partial charge in [0.2, 0.25) is 0 Å². The summed E-state index contributed by atoms with van der Waals surface area (Å²) in [6.45, 7) is 6.89. The van der Waals surface area contributed by atoms with E-state index >= 15 is 0 Å². The van der Waals surface area contributed by atoms with E-state index in [1.54, 1.807) is 0 Å². The van der Waals surface area contributed by atoms with Crippen LogP contribution in [0.4, 0.5) is 0 Å². The van der Waals surface area contributed by atoms with Crippen molar-refractivity contribution in [2.75, 3.05) is 6.54 Å². The topological polar surface area (TPSA) is 67.6 Å². The molecule has 1 aromatic heterocycles. The molecule has 1 atom stereocenters. The minimum atomic E-state index is 0.296. The summed E-state index contributed by atoms with van der Waals surface area (Å²) in [5.41, 5.74) is 5.67. The highest BCUT2D eigenvalue weighted by atomic mass is 15.2.